The molecule has 1 fully saturated rings. The van der Waals surface area contributed by atoms with Gasteiger partial charge in [-0.3, -0.25) is 9.48 Å². The number of anilines is 2. The van der Waals surface area contributed by atoms with Crippen molar-refractivity contribution < 1.29 is 14.3 Å². The van der Waals surface area contributed by atoms with Crippen molar-refractivity contribution in [3.63, 3.8) is 0 Å². The Bertz CT molecular complexity index is 798. The number of benzene rings is 1. The summed E-state index contributed by atoms with van der Waals surface area (Å²) in [5.74, 6) is 0.0746. The maximum absolute atomic E-state index is 12.4. The number of ether oxygens (including phenoxy) is 1. The van der Waals surface area contributed by atoms with Crippen LogP contribution in [0.5, 0.6) is 5.75 Å². The van der Waals surface area contributed by atoms with Crippen LogP contribution in [0.4, 0.5) is 16.2 Å². The minimum absolute atomic E-state index is 0.268. The maximum Gasteiger partial charge on any atom is 0.316 e. The summed E-state index contributed by atoms with van der Waals surface area (Å²) < 4.78 is 7.04. The lowest BCUT2D eigenvalue weighted by molar-refractivity contribution is 0.102. The normalized spacial score (nSPS) is 16.7. The van der Waals surface area contributed by atoms with Crippen molar-refractivity contribution in [1.29, 1.82) is 0 Å². The lowest BCUT2D eigenvalue weighted by atomic mass is 10.1. The second kappa shape index (κ2) is 7.87. The van der Waals surface area contributed by atoms with Gasteiger partial charge < -0.3 is 26.4 Å². The van der Waals surface area contributed by atoms with E-state index in [0.717, 1.165) is 25.9 Å². The number of hydrogen-bond donors (Lipinski definition) is 4. The van der Waals surface area contributed by atoms with E-state index in [9.17, 15) is 9.59 Å². The van der Waals surface area contributed by atoms with Gasteiger partial charge in [-0.15, -0.1) is 0 Å². The van der Waals surface area contributed by atoms with Gasteiger partial charge in [0, 0.05) is 24.5 Å². The van der Waals surface area contributed by atoms with E-state index in [4.69, 9.17) is 10.5 Å². The average molecular weight is 358 g/mol. The molecule has 9 heteroatoms. The molecule has 1 saturated heterocycles. The van der Waals surface area contributed by atoms with E-state index in [-0.39, 0.29) is 11.9 Å². The SMILES string of the molecule is COc1cc(NC(=O)c2ccn(C3CCCNC3)n2)ccc1NC(N)=O. The van der Waals surface area contributed by atoms with E-state index in [2.05, 4.69) is 21.0 Å². The molecule has 0 bridgehead atoms. The zero-order valence-corrected chi connectivity index (χ0v) is 14.5. The summed E-state index contributed by atoms with van der Waals surface area (Å²) in [6.07, 6.45) is 3.96. The first-order valence-electron chi connectivity index (χ1n) is 8.38. The van der Waals surface area contributed by atoms with Gasteiger partial charge in [-0.25, -0.2) is 4.79 Å². The number of hydrogen-bond acceptors (Lipinski definition) is 5. The molecule has 1 aliphatic rings. The number of amides is 3. The zero-order valence-electron chi connectivity index (χ0n) is 14.5. The summed E-state index contributed by atoms with van der Waals surface area (Å²) in [5.41, 5.74) is 6.40. The van der Waals surface area contributed by atoms with Gasteiger partial charge in [-0.1, -0.05) is 0 Å². The van der Waals surface area contributed by atoms with Crippen LogP contribution in [0, 0.1) is 0 Å². The molecule has 0 spiro atoms. The first-order chi connectivity index (χ1) is 12.6. The van der Waals surface area contributed by atoms with Crippen LogP contribution in [0.3, 0.4) is 0 Å². The number of nitrogens with two attached hydrogens (primary N) is 1. The molecule has 1 unspecified atom stereocenters. The molecule has 2 heterocycles. The minimum Gasteiger partial charge on any atom is -0.494 e. The zero-order chi connectivity index (χ0) is 18.5. The highest BCUT2D eigenvalue weighted by atomic mass is 16.5. The first-order valence-corrected chi connectivity index (χ1v) is 8.38. The van der Waals surface area contributed by atoms with E-state index in [1.807, 2.05) is 10.9 Å². The number of carbonyl (C=O) groups is 2. The highest BCUT2D eigenvalue weighted by Gasteiger charge is 2.18. The molecule has 138 valence electrons. The topological polar surface area (TPSA) is 123 Å². The second-order valence-electron chi connectivity index (χ2n) is 6.04. The van der Waals surface area contributed by atoms with Gasteiger partial charge in [-0.2, -0.15) is 5.10 Å². The predicted octanol–water partition coefficient (Wildman–Crippen LogP) is 1.56. The quantitative estimate of drug-likeness (QED) is 0.646. The van der Waals surface area contributed by atoms with Crippen LogP contribution in [0.1, 0.15) is 29.4 Å². The summed E-state index contributed by atoms with van der Waals surface area (Å²) in [4.78, 5) is 23.4. The van der Waals surface area contributed by atoms with Gasteiger partial charge in [-0.05, 0) is 37.6 Å². The predicted molar refractivity (Wildman–Crippen MR) is 97.5 cm³/mol. The number of nitrogens with zero attached hydrogens (tertiary/aromatic N) is 2. The molecule has 0 saturated carbocycles. The van der Waals surface area contributed by atoms with Crippen molar-refractivity contribution in [2.75, 3.05) is 30.8 Å². The van der Waals surface area contributed by atoms with Crippen molar-refractivity contribution in [3.05, 3.63) is 36.2 Å². The summed E-state index contributed by atoms with van der Waals surface area (Å²) >= 11 is 0. The van der Waals surface area contributed by atoms with Crippen molar-refractivity contribution in [2.24, 2.45) is 5.73 Å². The molecular weight excluding hydrogens is 336 g/mol. The Balaban J connectivity index is 1.69. The van der Waals surface area contributed by atoms with Crippen LogP contribution in [-0.4, -0.2) is 41.9 Å². The Morgan fingerprint density at radius 3 is 2.88 bits per heavy atom. The summed E-state index contributed by atoms with van der Waals surface area (Å²) in [6, 6.07) is 6.13. The number of primary amides is 1. The van der Waals surface area contributed by atoms with Gasteiger partial charge in [0.15, 0.2) is 5.69 Å². The first kappa shape index (κ1) is 17.7. The maximum atomic E-state index is 12.4. The van der Waals surface area contributed by atoms with Gasteiger partial charge in [0.1, 0.15) is 5.75 Å². The molecule has 5 N–H and O–H groups in total. The highest BCUT2D eigenvalue weighted by molar-refractivity contribution is 6.03. The fraction of sp³-hybridized carbons (Fsp3) is 0.353. The standard InChI is InChI=1S/C17H22N6O3/c1-26-15-9-11(4-5-13(15)21-17(18)25)20-16(24)14-6-8-23(22-14)12-3-2-7-19-10-12/h4-6,8-9,12,19H,2-3,7,10H2,1H3,(H,20,24)(H3,18,21,25). The Kier molecular flexibility index (Phi) is 5.37. The molecule has 3 rings (SSSR count). The lowest BCUT2D eigenvalue weighted by Crippen LogP contribution is -2.32. The van der Waals surface area contributed by atoms with Crippen LogP contribution in [0.25, 0.3) is 0 Å². The largest absolute Gasteiger partial charge is 0.494 e. The molecule has 3 amide bonds. The third kappa shape index (κ3) is 4.12. The number of rotatable bonds is 5. The van der Waals surface area contributed by atoms with Gasteiger partial charge in [0.25, 0.3) is 5.91 Å². The van der Waals surface area contributed by atoms with Crippen molar-refractivity contribution in [3.8, 4) is 5.75 Å². The summed E-state index contributed by atoms with van der Waals surface area (Å²) in [7, 11) is 1.47. The number of piperidine rings is 1. The Labute approximate surface area is 150 Å². The lowest BCUT2D eigenvalue weighted by Gasteiger charge is -2.22. The molecule has 9 nitrogen and oxygen atoms in total. The fourth-order valence-electron chi connectivity index (χ4n) is 2.92. The van der Waals surface area contributed by atoms with Gasteiger partial charge >= 0.3 is 6.03 Å². The Morgan fingerprint density at radius 1 is 1.35 bits per heavy atom. The Hall–Kier alpha value is -3.07. The third-order valence-electron chi connectivity index (χ3n) is 4.20. The van der Waals surface area contributed by atoms with E-state index >= 15 is 0 Å². The van der Waals surface area contributed by atoms with Crippen molar-refractivity contribution >= 4 is 23.3 Å². The van der Waals surface area contributed by atoms with E-state index in [1.165, 1.54) is 7.11 Å². The third-order valence-corrected chi connectivity index (χ3v) is 4.20. The minimum atomic E-state index is -0.692. The van der Waals surface area contributed by atoms with Crippen LogP contribution < -0.4 is 26.4 Å². The van der Waals surface area contributed by atoms with E-state index in [0.29, 0.717) is 22.8 Å². The molecule has 1 aromatic carbocycles. The van der Waals surface area contributed by atoms with Crippen LogP contribution in [-0.2, 0) is 0 Å². The van der Waals surface area contributed by atoms with E-state index in [1.54, 1.807) is 24.3 Å². The summed E-state index contributed by atoms with van der Waals surface area (Å²) in [5, 5.41) is 12.9. The van der Waals surface area contributed by atoms with Gasteiger partial charge in [0.2, 0.25) is 0 Å². The molecule has 0 radical (unpaired) electrons. The molecule has 1 aliphatic heterocycles. The number of nitrogens with one attached hydrogen (secondary N) is 3. The molecule has 1 atom stereocenters. The molecule has 1 aromatic heterocycles. The molecular formula is C17H22N6O3. The number of methoxy groups -OCH3 is 1. The monoisotopic (exact) mass is 358 g/mol. The van der Waals surface area contributed by atoms with Crippen molar-refractivity contribution in [2.45, 2.75) is 18.9 Å². The smallest absolute Gasteiger partial charge is 0.316 e. The number of urea groups is 1. The van der Waals surface area contributed by atoms with E-state index < -0.39 is 6.03 Å². The second-order valence-corrected chi connectivity index (χ2v) is 6.04. The molecule has 2 aromatic rings. The van der Waals surface area contributed by atoms with Crippen LogP contribution in [0.15, 0.2) is 30.5 Å². The van der Waals surface area contributed by atoms with Crippen molar-refractivity contribution in [1.82, 2.24) is 15.1 Å². The number of carbonyl (C=O) groups excluding carboxylic acids is 2. The Morgan fingerprint density at radius 2 is 2.19 bits per heavy atom. The highest BCUT2D eigenvalue weighted by Crippen LogP contribution is 2.28. The fourth-order valence-corrected chi connectivity index (χ4v) is 2.92. The molecule has 0 aliphatic carbocycles. The molecule has 26 heavy (non-hydrogen) atoms. The van der Waals surface area contributed by atoms with Crippen LogP contribution >= 0.6 is 0 Å². The van der Waals surface area contributed by atoms with Gasteiger partial charge in [0.05, 0.1) is 18.8 Å². The number of aromatic nitrogens is 2. The summed E-state index contributed by atoms with van der Waals surface area (Å²) in [6.45, 7) is 1.88. The van der Waals surface area contributed by atoms with Crippen LogP contribution in [0.2, 0.25) is 0 Å². The average Bonchev–Trinajstić information content (AvgIpc) is 3.13.